The lowest BCUT2D eigenvalue weighted by molar-refractivity contribution is -0.118. The number of hydrogen-bond acceptors (Lipinski definition) is 4. The molecule has 146 valence electrons. The molecule has 0 saturated carbocycles. The first-order chi connectivity index (χ1) is 13.2. The molecule has 7 heteroatoms. The molecule has 1 amide bonds. The molecule has 0 radical (unpaired) electrons. The van der Waals surface area contributed by atoms with Gasteiger partial charge in [0, 0.05) is 33.0 Å². The van der Waals surface area contributed by atoms with E-state index in [0.717, 1.165) is 42.4 Å². The van der Waals surface area contributed by atoms with Gasteiger partial charge in [-0.15, -0.1) is 0 Å². The van der Waals surface area contributed by atoms with Crippen LogP contribution in [-0.4, -0.2) is 38.6 Å². The Hall–Kier alpha value is -2.96. The van der Waals surface area contributed by atoms with Crippen LogP contribution in [0.25, 0.3) is 0 Å². The number of hydrogen-bond donors (Lipinski definition) is 3. The highest BCUT2D eigenvalue weighted by atomic mass is 16.5. The number of nitrogens with zero attached hydrogens (tertiary/aromatic N) is 1. The van der Waals surface area contributed by atoms with E-state index in [1.807, 2.05) is 36.4 Å². The van der Waals surface area contributed by atoms with E-state index in [1.165, 1.54) is 6.92 Å². The maximum atomic E-state index is 10.9. The van der Waals surface area contributed by atoms with Crippen molar-refractivity contribution in [3.8, 4) is 5.75 Å². The number of benzene rings is 1. The van der Waals surface area contributed by atoms with Gasteiger partial charge in [0.05, 0.1) is 19.9 Å². The number of rotatable bonds is 10. The minimum absolute atomic E-state index is 0.0139. The maximum Gasteiger partial charge on any atom is 0.216 e. The van der Waals surface area contributed by atoms with Gasteiger partial charge in [-0.1, -0.05) is 12.1 Å². The maximum absolute atomic E-state index is 10.9. The van der Waals surface area contributed by atoms with Crippen LogP contribution >= 0.6 is 0 Å². The summed E-state index contributed by atoms with van der Waals surface area (Å²) < 4.78 is 10.5. The molecular weight excluding hydrogens is 344 g/mol. The number of aliphatic imine (C=N–C) groups is 1. The molecule has 1 heterocycles. The highest BCUT2D eigenvalue weighted by Crippen LogP contribution is 2.11. The van der Waals surface area contributed by atoms with Gasteiger partial charge in [-0.2, -0.15) is 0 Å². The summed E-state index contributed by atoms with van der Waals surface area (Å²) in [7, 11) is 1.65. The van der Waals surface area contributed by atoms with Crippen LogP contribution in [0.4, 0.5) is 0 Å². The largest absolute Gasteiger partial charge is 0.497 e. The van der Waals surface area contributed by atoms with Crippen molar-refractivity contribution in [3.63, 3.8) is 0 Å². The number of methoxy groups -OCH3 is 1. The van der Waals surface area contributed by atoms with E-state index in [0.29, 0.717) is 19.6 Å². The Kier molecular flexibility index (Phi) is 8.76. The Morgan fingerprint density at radius 3 is 2.48 bits per heavy atom. The van der Waals surface area contributed by atoms with Crippen molar-refractivity contribution < 1.29 is 13.9 Å². The summed E-state index contributed by atoms with van der Waals surface area (Å²) >= 11 is 0. The monoisotopic (exact) mass is 372 g/mol. The van der Waals surface area contributed by atoms with Crippen LogP contribution in [0.1, 0.15) is 24.7 Å². The van der Waals surface area contributed by atoms with Gasteiger partial charge in [-0.05, 0) is 36.2 Å². The lowest BCUT2D eigenvalue weighted by atomic mass is 10.2. The molecule has 0 bridgehead atoms. The predicted octanol–water partition coefficient (Wildman–Crippen LogP) is 2.09. The molecule has 27 heavy (non-hydrogen) atoms. The topological polar surface area (TPSA) is 87.9 Å². The van der Waals surface area contributed by atoms with E-state index in [9.17, 15) is 4.79 Å². The fourth-order valence-corrected chi connectivity index (χ4v) is 2.39. The Morgan fingerprint density at radius 1 is 1.07 bits per heavy atom. The third-order valence-corrected chi connectivity index (χ3v) is 3.84. The fourth-order valence-electron chi connectivity index (χ4n) is 2.39. The quantitative estimate of drug-likeness (QED) is 0.338. The molecule has 0 spiro atoms. The molecule has 7 nitrogen and oxygen atoms in total. The SMILES string of the molecule is COc1ccc(CN=C(NCCCNC(C)=O)NCCc2ccco2)cc1. The highest BCUT2D eigenvalue weighted by molar-refractivity contribution is 5.79. The van der Waals surface area contributed by atoms with Crippen LogP contribution in [0.2, 0.25) is 0 Å². The minimum Gasteiger partial charge on any atom is -0.497 e. The summed E-state index contributed by atoms with van der Waals surface area (Å²) in [5, 5.41) is 9.40. The van der Waals surface area contributed by atoms with E-state index in [1.54, 1.807) is 13.4 Å². The number of carbonyl (C=O) groups is 1. The molecule has 2 aromatic rings. The average molecular weight is 372 g/mol. The molecule has 0 fully saturated rings. The number of furan rings is 1. The van der Waals surface area contributed by atoms with Gasteiger partial charge in [0.2, 0.25) is 5.91 Å². The van der Waals surface area contributed by atoms with Crippen molar-refractivity contribution in [2.45, 2.75) is 26.3 Å². The van der Waals surface area contributed by atoms with E-state index in [-0.39, 0.29) is 5.91 Å². The molecule has 3 N–H and O–H groups in total. The van der Waals surface area contributed by atoms with Crippen molar-refractivity contribution in [3.05, 3.63) is 54.0 Å². The molecule has 0 unspecified atom stereocenters. The average Bonchev–Trinajstić information content (AvgIpc) is 3.19. The first kappa shape index (κ1) is 20.4. The van der Waals surface area contributed by atoms with Crippen LogP contribution in [0.5, 0.6) is 5.75 Å². The van der Waals surface area contributed by atoms with Gasteiger partial charge < -0.3 is 25.1 Å². The van der Waals surface area contributed by atoms with Crippen LogP contribution < -0.4 is 20.7 Å². The van der Waals surface area contributed by atoms with Gasteiger partial charge in [-0.3, -0.25) is 4.79 Å². The van der Waals surface area contributed by atoms with Crippen molar-refractivity contribution in [1.29, 1.82) is 0 Å². The zero-order valence-corrected chi connectivity index (χ0v) is 16.0. The summed E-state index contributed by atoms with van der Waals surface area (Å²) in [6.45, 7) is 4.15. The zero-order valence-electron chi connectivity index (χ0n) is 16.0. The van der Waals surface area contributed by atoms with Crippen molar-refractivity contribution in [1.82, 2.24) is 16.0 Å². The second kappa shape index (κ2) is 11.6. The van der Waals surface area contributed by atoms with Gasteiger partial charge in [-0.25, -0.2) is 4.99 Å². The van der Waals surface area contributed by atoms with Crippen LogP contribution in [0.3, 0.4) is 0 Å². The Labute approximate surface area is 160 Å². The van der Waals surface area contributed by atoms with E-state index in [4.69, 9.17) is 9.15 Å². The Bertz CT molecular complexity index is 697. The van der Waals surface area contributed by atoms with Crippen LogP contribution in [0.15, 0.2) is 52.1 Å². The zero-order chi connectivity index (χ0) is 19.3. The molecule has 0 aliphatic heterocycles. The molecule has 0 saturated heterocycles. The smallest absolute Gasteiger partial charge is 0.216 e. The van der Waals surface area contributed by atoms with E-state index < -0.39 is 0 Å². The van der Waals surface area contributed by atoms with Gasteiger partial charge in [0.1, 0.15) is 11.5 Å². The highest BCUT2D eigenvalue weighted by Gasteiger charge is 2.01. The number of guanidine groups is 1. The second-order valence-corrected chi connectivity index (χ2v) is 6.03. The lowest BCUT2D eigenvalue weighted by Gasteiger charge is -2.12. The van der Waals surface area contributed by atoms with E-state index in [2.05, 4.69) is 20.9 Å². The summed E-state index contributed by atoms with van der Waals surface area (Å²) in [6.07, 6.45) is 3.28. The van der Waals surface area contributed by atoms with Crippen LogP contribution in [-0.2, 0) is 17.8 Å². The summed E-state index contributed by atoms with van der Waals surface area (Å²) in [4.78, 5) is 15.6. The molecular formula is C20H28N4O3. The lowest BCUT2D eigenvalue weighted by Crippen LogP contribution is -2.39. The van der Waals surface area contributed by atoms with Crippen LogP contribution in [0, 0.1) is 0 Å². The third kappa shape index (κ3) is 8.31. The fraction of sp³-hybridized carbons (Fsp3) is 0.400. The molecule has 1 aromatic heterocycles. The molecule has 1 aromatic carbocycles. The minimum atomic E-state index is -0.0139. The number of ether oxygens (including phenoxy) is 1. The van der Waals surface area contributed by atoms with Gasteiger partial charge in [0.15, 0.2) is 5.96 Å². The summed E-state index contributed by atoms with van der Waals surface area (Å²) in [5.41, 5.74) is 1.10. The third-order valence-electron chi connectivity index (χ3n) is 3.84. The van der Waals surface area contributed by atoms with Crippen molar-refractivity contribution >= 4 is 11.9 Å². The molecule has 0 atom stereocenters. The van der Waals surface area contributed by atoms with Crippen molar-refractivity contribution in [2.75, 3.05) is 26.7 Å². The summed E-state index contributed by atoms with van der Waals surface area (Å²) in [5.74, 6) is 2.48. The van der Waals surface area contributed by atoms with Crippen molar-refractivity contribution in [2.24, 2.45) is 4.99 Å². The second-order valence-electron chi connectivity index (χ2n) is 6.03. The van der Waals surface area contributed by atoms with Gasteiger partial charge >= 0.3 is 0 Å². The number of nitrogens with one attached hydrogen (secondary N) is 3. The first-order valence-corrected chi connectivity index (χ1v) is 9.09. The van der Waals surface area contributed by atoms with Gasteiger partial charge in [0.25, 0.3) is 0 Å². The normalized spacial score (nSPS) is 11.1. The standard InChI is InChI=1S/C20H28N4O3/c1-16(25)21-11-4-12-22-20(23-13-10-19-5-3-14-27-19)24-15-17-6-8-18(26-2)9-7-17/h3,5-9,14H,4,10-13,15H2,1-2H3,(H,21,25)(H2,22,23,24). The summed E-state index contributed by atoms with van der Waals surface area (Å²) in [6, 6.07) is 11.7. The molecule has 2 rings (SSSR count). The predicted molar refractivity (Wildman–Crippen MR) is 106 cm³/mol. The number of carbonyl (C=O) groups excluding carboxylic acids is 1. The molecule has 0 aliphatic rings. The van der Waals surface area contributed by atoms with E-state index >= 15 is 0 Å². The molecule has 0 aliphatic carbocycles. The Balaban J connectivity index is 1.84. The number of amides is 1. The first-order valence-electron chi connectivity index (χ1n) is 9.09. The Morgan fingerprint density at radius 2 is 1.81 bits per heavy atom.